The van der Waals surface area contributed by atoms with Gasteiger partial charge in [0.15, 0.2) is 0 Å². The summed E-state index contributed by atoms with van der Waals surface area (Å²) < 4.78 is 0. The Balaban J connectivity index is 0.00000112. The van der Waals surface area contributed by atoms with Crippen molar-refractivity contribution >= 4 is 5.57 Å². The Morgan fingerprint density at radius 3 is 2.27 bits per heavy atom. The molecule has 3 nitrogen and oxygen atoms in total. The van der Waals surface area contributed by atoms with E-state index in [4.69, 9.17) is 0 Å². The summed E-state index contributed by atoms with van der Waals surface area (Å²) >= 11 is 0. The molecule has 0 fully saturated rings. The summed E-state index contributed by atoms with van der Waals surface area (Å²) in [5.41, 5.74) is 2.14. The third-order valence-electron chi connectivity index (χ3n) is 2.75. The summed E-state index contributed by atoms with van der Waals surface area (Å²) in [4.78, 5) is 0. The number of benzene rings is 1. The topological polar surface area (TPSA) is 59.0 Å². The number of hydrogen-bond acceptors (Lipinski definition) is 1. The Bertz CT molecular complexity index is 357. The van der Waals surface area contributed by atoms with Gasteiger partial charge in [0, 0.05) is 12.0 Å². The van der Waals surface area contributed by atoms with E-state index in [-0.39, 0.29) is 16.1 Å². The van der Waals surface area contributed by atoms with E-state index in [1.54, 1.807) is 6.20 Å². The highest BCUT2D eigenvalue weighted by Gasteiger charge is 2.32. The Labute approximate surface area is 89.9 Å². The molecule has 0 saturated heterocycles. The van der Waals surface area contributed by atoms with Crippen molar-refractivity contribution in [2.45, 2.75) is 25.8 Å². The first-order valence-electron chi connectivity index (χ1n) is 4.90. The van der Waals surface area contributed by atoms with Gasteiger partial charge < -0.3 is 15.7 Å². The van der Waals surface area contributed by atoms with Crippen LogP contribution < -0.4 is 5.06 Å². The summed E-state index contributed by atoms with van der Waals surface area (Å²) in [5.74, 6) is 0. The molecular weight excluding hydrogens is 190 g/mol. The van der Waals surface area contributed by atoms with E-state index in [1.807, 2.05) is 32.0 Å². The molecule has 1 unspecified atom stereocenters. The van der Waals surface area contributed by atoms with E-state index < -0.39 is 0 Å². The zero-order valence-electron chi connectivity index (χ0n) is 9.08. The van der Waals surface area contributed by atoms with Crippen LogP contribution in [0.2, 0.25) is 0 Å². The van der Waals surface area contributed by atoms with Crippen LogP contribution in [-0.4, -0.2) is 11.0 Å². The highest BCUT2D eigenvalue weighted by atomic mass is 16.5. The molecule has 1 aromatic carbocycles. The van der Waals surface area contributed by atoms with Crippen LogP contribution in [0.4, 0.5) is 0 Å². The number of quaternary nitrogens is 1. The van der Waals surface area contributed by atoms with Crippen LogP contribution in [0.5, 0.6) is 0 Å². The van der Waals surface area contributed by atoms with Crippen molar-refractivity contribution in [1.29, 1.82) is 0 Å². The minimum Gasteiger partial charge on any atom is -0.629 e. The average Bonchev–Trinajstić information content (AvgIpc) is 2.43. The molecule has 1 aromatic rings. The minimum absolute atomic E-state index is 0. The lowest BCUT2D eigenvalue weighted by Gasteiger charge is -2.29. The summed E-state index contributed by atoms with van der Waals surface area (Å²) in [5, 5.41) is 11.8. The molecule has 1 aliphatic heterocycles. The van der Waals surface area contributed by atoms with Crippen molar-refractivity contribution in [1.82, 2.24) is 0 Å². The molecule has 3 N–H and O–H groups in total. The van der Waals surface area contributed by atoms with E-state index >= 15 is 0 Å². The zero-order chi connectivity index (χ0) is 10.2. The lowest BCUT2D eigenvalue weighted by Crippen LogP contribution is -3.09. The third-order valence-corrected chi connectivity index (χ3v) is 2.75. The van der Waals surface area contributed by atoms with Crippen LogP contribution in [0.15, 0.2) is 36.5 Å². The molecule has 0 radical (unpaired) electrons. The van der Waals surface area contributed by atoms with Crippen LogP contribution in [-0.2, 0) is 0 Å². The van der Waals surface area contributed by atoms with Crippen molar-refractivity contribution in [3.05, 3.63) is 47.3 Å². The Hall–Kier alpha value is -1.16. The first-order valence-corrected chi connectivity index (χ1v) is 4.90. The molecule has 0 amide bonds. The summed E-state index contributed by atoms with van der Waals surface area (Å²) in [7, 11) is 0. The zero-order valence-corrected chi connectivity index (χ0v) is 9.08. The van der Waals surface area contributed by atoms with Gasteiger partial charge in [-0.15, -0.1) is 0 Å². The molecule has 1 aliphatic rings. The van der Waals surface area contributed by atoms with Crippen LogP contribution in [0.1, 0.15) is 25.8 Å². The van der Waals surface area contributed by atoms with Crippen molar-refractivity contribution in [2.75, 3.05) is 0 Å². The first-order chi connectivity index (χ1) is 6.59. The molecule has 2 rings (SSSR count). The second kappa shape index (κ2) is 4.14. The quantitative estimate of drug-likeness (QED) is 0.679. The van der Waals surface area contributed by atoms with Gasteiger partial charge in [0.1, 0.15) is 5.54 Å². The van der Waals surface area contributed by atoms with Crippen LogP contribution >= 0.6 is 0 Å². The highest BCUT2D eigenvalue weighted by molar-refractivity contribution is 5.66. The standard InChI is InChI=1S/C12H15NO.H2O/c1-12(2)8-11(9-13(12)14)10-6-4-3-5-7-10;/h3-7,9,13H,8H2,1-2H3;1H2. The van der Waals surface area contributed by atoms with Gasteiger partial charge in [0.25, 0.3) is 0 Å². The number of rotatable bonds is 1. The second-order valence-electron chi connectivity index (χ2n) is 4.46. The molecule has 0 aromatic heterocycles. The predicted molar refractivity (Wildman–Crippen MR) is 61.1 cm³/mol. The van der Waals surface area contributed by atoms with Gasteiger partial charge in [-0.2, -0.15) is 0 Å². The summed E-state index contributed by atoms with van der Waals surface area (Å²) in [6, 6.07) is 10.1. The molecule has 82 valence electrons. The maximum absolute atomic E-state index is 11.6. The molecular formula is C12H17NO2. The van der Waals surface area contributed by atoms with Gasteiger partial charge in [-0.3, -0.25) is 0 Å². The molecule has 0 bridgehead atoms. The highest BCUT2D eigenvalue weighted by Crippen LogP contribution is 2.26. The normalized spacial score (nSPS) is 23.1. The Morgan fingerprint density at radius 1 is 1.20 bits per heavy atom. The molecule has 0 spiro atoms. The fraction of sp³-hybridized carbons (Fsp3) is 0.333. The minimum atomic E-state index is -0.203. The van der Waals surface area contributed by atoms with Gasteiger partial charge in [-0.05, 0) is 19.4 Å². The summed E-state index contributed by atoms with van der Waals surface area (Å²) in [6.45, 7) is 4.00. The van der Waals surface area contributed by atoms with E-state index in [2.05, 4.69) is 12.1 Å². The van der Waals surface area contributed by atoms with Gasteiger partial charge in [-0.25, -0.2) is 0 Å². The fourth-order valence-corrected chi connectivity index (χ4v) is 1.81. The van der Waals surface area contributed by atoms with E-state index in [0.29, 0.717) is 0 Å². The molecule has 1 heterocycles. The van der Waals surface area contributed by atoms with Crippen LogP contribution in [0.3, 0.4) is 0 Å². The second-order valence-corrected chi connectivity index (χ2v) is 4.46. The van der Waals surface area contributed by atoms with Gasteiger partial charge in [-0.1, -0.05) is 30.3 Å². The average molecular weight is 207 g/mol. The van der Waals surface area contributed by atoms with Crippen molar-refractivity contribution in [3.63, 3.8) is 0 Å². The number of nitrogens with one attached hydrogen (secondary N) is 1. The monoisotopic (exact) mass is 207 g/mol. The maximum Gasteiger partial charge on any atom is 0.100 e. The lowest BCUT2D eigenvalue weighted by molar-refractivity contribution is -0.841. The largest absolute Gasteiger partial charge is 0.629 e. The van der Waals surface area contributed by atoms with Crippen LogP contribution in [0, 0.1) is 5.21 Å². The van der Waals surface area contributed by atoms with Crippen molar-refractivity contribution in [2.24, 2.45) is 0 Å². The third kappa shape index (κ3) is 2.26. The first kappa shape index (κ1) is 11.9. The van der Waals surface area contributed by atoms with Gasteiger partial charge >= 0.3 is 0 Å². The SMILES string of the molecule is CC1(C)CC(c2ccccc2)=C[NH+]1[O-].O. The molecule has 15 heavy (non-hydrogen) atoms. The summed E-state index contributed by atoms with van der Waals surface area (Å²) in [6.07, 6.45) is 2.64. The van der Waals surface area contributed by atoms with Crippen LogP contribution in [0.25, 0.3) is 5.57 Å². The molecule has 1 atom stereocenters. The van der Waals surface area contributed by atoms with Gasteiger partial charge in [0.2, 0.25) is 0 Å². The van der Waals surface area contributed by atoms with E-state index in [1.165, 1.54) is 11.1 Å². The molecule has 0 saturated carbocycles. The number of hydrogen-bond donors (Lipinski definition) is 1. The molecule has 3 heteroatoms. The van der Waals surface area contributed by atoms with Crippen molar-refractivity contribution in [3.8, 4) is 0 Å². The Morgan fingerprint density at radius 2 is 1.80 bits per heavy atom. The smallest absolute Gasteiger partial charge is 0.100 e. The molecule has 0 aliphatic carbocycles. The number of hydroxylamine groups is 2. The van der Waals surface area contributed by atoms with E-state index in [9.17, 15) is 5.21 Å². The Kier molecular flexibility index (Phi) is 3.29. The van der Waals surface area contributed by atoms with Gasteiger partial charge in [0.05, 0.1) is 6.20 Å². The maximum atomic E-state index is 11.6. The predicted octanol–water partition coefficient (Wildman–Crippen LogP) is 0.768. The lowest BCUT2D eigenvalue weighted by atomic mass is 9.95. The van der Waals surface area contributed by atoms with E-state index in [0.717, 1.165) is 6.42 Å². The fourth-order valence-electron chi connectivity index (χ4n) is 1.81. The van der Waals surface area contributed by atoms with Crippen molar-refractivity contribution < 1.29 is 10.5 Å².